The number of aromatic nitrogens is 2. The summed E-state index contributed by atoms with van der Waals surface area (Å²) < 4.78 is 0. The molecule has 2 N–H and O–H groups in total. The van der Waals surface area contributed by atoms with Crippen molar-refractivity contribution < 1.29 is 0 Å². The van der Waals surface area contributed by atoms with Gasteiger partial charge in [-0.2, -0.15) is 0 Å². The van der Waals surface area contributed by atoms with Crippen LogP contribution >= 0.6 is 0 Å². The molecule has 0 unspecified atom stereocenters. The molecule has 0 saturated carbocycles. The molecule has 0 aliphatic heterocycles. The Morgan fingerprint density at radius 3 is 2.61 bits per heavy atom. The molecule has 0 bridgehead atoms. The monoisotopic (exact) mass is 307 g/mol. The summed E-state index contributed by atoms with van der Waals surface area (Å²) in [6, 6.07) is 15.0. The van der Waals surface area contributed by atoms with Crippen LogP contribution in [0, 0.1) is 12.8 Å². The molecule has 0 fully saturated rings. The molecule has 1 heterocycles. The summed E-state index contributed by atoms with van der Waals surface area (Å²) in [5.74, 6) is 1.79. The number of rotatable bonds is 6. The highest BCUT2D eigenvalue weighted by Gasteiger charge is 2.05. The first-order valence-electron chi connectivity index (χ1n) is 8.38. The molecule has 3 aromatic rings. The molecule has 120 valence electrons. The SMILES string of the molecule is Cc1ccc(CNc2ccc3nc(CCC(C)C)[nH]c3c2)cc1. The van der Waals surface area contributed by atoms with Crippen molar-refractivity contribution >= 4 is 16.7 Å². The lowest BCUT2D eigenvalue weighted by atomic mass is 10.1. The predicted molar refractivity (Wildman–Crippen MR) is 97.8 cm³/mol. The van der Waals surface area contributed by atoms with Crippen LogP contribution in [0.4, 0.5) is 5.69 Å². The maximum absolute atomic E-state index is 4.67. The second-order valence-electron chi connectivity index (χ2n) is 6.69. The number of nitrogens with one attached hydrogen (secondary N) is 2. The minimum absolute atomic E-state index is 0.704. The molecule has 3 nitrogen and oxygen atoms in total. The summed E-state index contributed by atoms with van der Waals surface area (Å²) in [4.78, 5) is 8.12. The molecular weight excluding hydrogens is 282 g/mol. The lowest BCUT2D eigenvalue weighted by molar-refractivity contribution is 0.577. The number of benzene rings is 2. The van der Waals surface area contributed by atoms with Gasteiger partial charge in [-0.1, -0.05) is 43.7 Å². The van der Waals surface area contributed by atoms with E-state index in [0.29, 0.717) is 5.92 Å². The van der Waals surface area contributed by atoms with Crippen LogP contribution in [0.5, 0.6) is 0 Å². The third kappa shape index (κ3) is 4.13. The molecule has 23 heavy (non-hydrogen) atoms. The summed E-state index contributed by atoms with van der Waals surface area (Å²) in [6.07, 6.45) is 2.18. The average molecular weight is 307 g/mol. The number of hydrogen-bond donors (Lipinski definition) is 2. The smallest absolute Gasteiger partial charge is 0.107 e. The van der Waals surface area contributed by atoms with Crippen molar-refractivity contribution in [1.82, 2.24) is 9.97 Å². The largest absolute Gasteiger partial charge is 0.381 e. The molecule has 0 aliphatic carbocycles. The lowest BCUT2D eigenvalue weighted by Crippen LogP contribution is -1.99. The van der Waals surface area contributed by atoms with Gasteiger partial charge in [-0.3, -0.25) is 0 Å². The molecule has 0 amide bonds. The standard InChI is InChI=1S/C20H25N3/c1-14(2)4-11-20-22-18-10-9-17(12-19(18)23-20)21-13-16-7-5-15(3)6-8-16/h5-10,12,14,21H,4,11,13H2,1-3H3,(H,22,23). The molecule has 3 rings (SSSR count). The molecular formula is C20H25N3. The van der Waals surface area contributed by atoms with Gasteiger partial charge in [0.2, 0.25) is 0 Å². The van der Waals surface area contributed by atoms with E-state index in [-0.39, 0.29) is 0 Å². The fourth-order valence-electron chi connectivity index (χ4n) is 2.63. The molecule has 3 heteroatoms. The Bertz CT molecular complexity index is 769. The zero-order valence-corrected chi connectivity index (χ0v) is 14.2. The third-order valence-electron chi connectivity index (χ3n) is 4.11. The van der Waals surface area contributed by atoms with E-state index in [1.165, 1.54) is 17.5 Å². The molecule has 0 atom stereocenters. The Kier molecular flexibility index (Phi) is 4.65. The first kappa shape index (κ1) is 15.6. The van der Waals surface area contributed by atoms with Crippen LogP contribution in [0.15, 0.2) is 42.5 Å². The molecule has 1 aromatic heterocycles. The Morgan fingerprint density at radius 1 is 1.09 bits per heavy atom. The Morgan fingerprint density at radius 2 is 1.87 bits per heavy atom. The van der Waals surface area contributed by atoms with Gasteiger partial charge in [-0.25, -0.2) is 4.98 Å². The highest BCUT2D eigenvalue weighted by atomic mass is 14.9. The number of fused-ring (bicyclic) bond motifs is 1. The number of nitrogens with zero attached hydrogens (tertiary/aromatic N) is 1. The van der Waals surface area contributed by atoms with Gasteiger partial charge >= 0.3 is 0 Å². The average Bonchev–Trinajstić information content (AvgIpc) is 2.94. The van der Waals surface area contributed by atoms with Crippen LogP contribution in [0.3, 0.4) is 0 Å². The normalized spacial score (nSPS) is 11.3. The fraction of sp³-hybridized carbons (Fsp3) is 0.350. The van der Waals surface area contributed by atoms with Gasteiger partial charge in [0.1, 0.15) is 5.82 Å². The number of aryl methyl sites for hydroxylation is 2. The van der Waals surface area contributed by atoms with Gasteiger partial charge in [-0.05, 0) is 43.0 Å². The third-order valence-corrected chi connectivity index (χ3v) is 4.11. The highest BCUT2D eigenvalue weighted by Crippen LogP contribution is 2.19. The minimum atomic E-state index is 0.704. The number of imidazole rings is 1. The molecule has 0 aliphatic rings. The maximum Gasteiger partial charge on any atom is 0.107 e. The molecule has 0 spiro atoms. The van der Waals surface area contributed by atoms with E-state index in [1.807, 2.05) is 0 Å². The van der Waals surface area contributed by atoms with Crippen molar-refractivity contribution in [3.63, 3.8) is 0 Å². The summed E-state index contributed by atoms with van der Waals surface area (Å²) in [5.41, 5.74) is 5.86. The summed E-state index contributed by atoms with van der Waals surface area (Å²) in [7, 11) is 0. The van der Waals surface area contributed by atoms with Gasteiger partial charge in [0, 0.05) is 18.7 Å². The summed E-state index contributed by atoms with van der Waals surface area (Å²) in [6.45, 7) is 7.44. The van der Waals surface area contributed by atoms with Gasteiger partial charge in [-0.15, -0.1) is 0 Å². The Hall–Kier alpha value is -2.29. The molecule has 0 radical (unpaired) electrons. The maximum atomic E-state index is 4.67. The quantitative estimate of drug-likeness (QED) is 0.667. The van der Waals surface area contributed by atoms with Crippen LogP contribution in [0.1, 0.15) is 37.2 Å². The zero-order chi connectivity index (χ0) is 16.2. The van der Waals surface area contributed by atoms with E-state index in [4.69, 9.17) is 0 Å². The van der Waals surface area contributed by atoms with Crippen molar-refractivity contribution in [3.05, 3.63) is 59.4 Å². The Balaban J connectivity index is 1.68. The van der Waals surface area contributed by atoms with Crippen LogP contribution in [-0.2, 0) is 13.0 Å². The Labute approximate surface area is 138 Å². The fourth-order valence-corrected chi connectivity index (χ4v) is 2.63. The van der Waals surface area contributed by atoms with E-state index in [1.54, 1.807) is 0 Å². The van der Waals surface area contributed by atoms with E-state index in [0.717, 1.165) is 35.5 Å². The second-order valence-corrected chi connectivity index (χ2v) is 6.69. The van der Waals surface area contributed by atoms with Crippen LogP contribution in [0.2, 0.25) is 0 Å². The first-order chi connectivity index (χ1) is 11.1. The van der Waals surface area contributed by atoms with E-state index < -0.39 is 0 Å². The van der Waals surface area contributed by atoms with Gasteiger partial charge in [0.15, 0.2) is 0 Å². The topological polar surface area (TPSA) is 40.7 Å². The number of hydrogen-bond acceptors (Lipinski definition) is 2. The van der Waals surface area contributed by atoms with Crippen molar-refractivity contribution in [2.75, 3.05) is 5.32 Å². The highest BCUT2D eigenvalue weighted by molar-refractivity contribution is 5.79. The predicted octanol–water partition coefficient (Wildman–Crippen LogP) is 5.07. The number of anilines is 1. The van der Waals surface area contributed by atoms with E-state index in [9.17, 15) is 0 Å². The first-order valence-corrected chi connectivity index (χ1v) is 8.38. The van der Waals surface area contributed by atoms with E-state index in [2.05, 4.69) is 78.5 Å². The number of H-pyrrole nitrogens is 1. The van der Waals surface area contributed by atoms with Crippen molar-refractivity contribution in [2.24, 2.45) is 5.92 Å². The van der Waals surface area contributed by atoms with Crippen LogP contribution in [0.25, 0.3) is 11.0 Å². The second kappa shape index (κ2) is 6.86. The summed E-state index contributed by atoms with van der Waals surface area (Å²) >= 11 is 0. The van der Waals surface area contributed by atoms with Gasteiger partial charge in [0.25, 0.3) is 0 Å². The van der Waals surface area contributed by atoms with Crippen molar-refractivity contribution in [3.8, 4) is 0 Å². The van der Waals surface area contributed by atoms with Crippen molar-refractivity contribution in [1.29, 1.82) is 0 Å². The number of aromatic amines is 1. The lowest BCUT2D eigenvalue weighted by Gasteiger charge is -2.06. The van der Waals surface area contributed by atoms with Crippen molar-refractivity contribution in [2.45, 2.75) is 40.2 Å². The van der Waals surface area contributed by atoms with E-state index >= 15 is 0 Å². The summed E-state index contributed by atoms with van der Waals surface area (Å²) in [5, 5.41) is 3.48. The molecule has 0 saturated heterocycles. The van der Waals surface area contributed by atoms with Crippen LogP contribution in [-0.4, -0.2) is 9.97 Å². The minimum Gasteiger partial charge on any atom is -0.381 e. The molecule has 2 aromatic carbocycles. The van der Waals surface area contributed by atoms with Gasteiger partial charge < -0.3 is 10.3 Å². The van der Waals surface area contributed by atoms with Gasteiger partial charge in [0.05, 0.1) is 11.0 Å². The zero-order valence-electron chi connectivity index (χ0n) is 14.2. The van der Waals surface area contributed by atoms with Crippen LogP contribution < -0.4 is 5.32 Å².